The first-order valence-electron chi connectivity index (χ1n) is 4.36. The second-order valence-electron chi connectivity index (χ2n) is 2.83. The van der Waals surface area contributed by atoms with Gasteiger partial charge in [0.15, 0.2) is 6.29 Å². The van der Waals surface area contributed by atoms with Gasteiger partial charge in [-0.1, -0.05) is 18.1 Å². The molecule has 14 heavy (non-hydrogen) atoms. The monoisotopic (exact) mass is 188 g/mol. The molecule has 0 bridgehead atoms. The van der Waals surface area contributed by atoms with E-state index in [1.807, 2.05) is 19.1 Å². The highest BCUT2D eigenvalue weighted by molar-refractivity contribution is 5.80. The predicted octanol–water partition coefficient (Wildman–Crippen LogP) is 2.21. The molecule has 2 nitrogen and oxygen atoms in total. The Kier molecular flexibility index (Phi) is 3.75. The normalized spacial score (nSPS) is 8.71. The van der Waals surface area contributed by atoms with Crippen molar-refractivity contribution in [3.63, 3.8) is 0 Å². The molecule has 0 unspecified atom stereocenters. The number of rotatable bonds is 3. The predicted molar refractivity (Wildman–Crippen MR) is 55.5 cm³/mol. The van der Waals surface area contributed by atoms with E-state index < -0.39 is 0 Å². The van der Waals surface area contributed by atoms with E-state index in [1.165, 1.54) is 0 Å². The third kappa shape index (κ3) is 2.37. The van der Waals surface area contributed by atoms with E-state index in [0.29, 0.717) is 17.9 Å². The minimum absolute atomic E-state index is 0.322. The Labute approximate surface area is 83.9 Å². The first-order valence-corrected chi connectivity index (χ1v) is 4.36. The number of carbonyl (C=O) groups excluding carboxylic acids is 1. The van der Waals surface area contributed by atoms with Crippen LogP contribution in [0.4, 0.5) is 0 Å². The zero-order chi connectivity index (χ0) is 10.4. The highest BCUT2D eigenvalue weighted by atomic mass is 16.5. The molecule has 0 radical (unpaired) electrons. The van der Waals surface area contributed by atoms with Crippen LogP contribution in [0.15, 0.2) is 18.2 Å². The van der Waals surface area contributed by atoms with Crippen LogP contribution in [0.5, 0.6) is 5.75 Å². The van der Waals surface area contributed by atoms with Crippen LogP contribution < -0.4 is 4.74 Å². The molecule has 2 heteroatoms. The van der Waals surface area contributed by atoms with Gasteiger partial charge >= 0.3 is 0 Å². The van der Waals surface area contributed by atoms with E-state index in [9.17, 15) is 4.79 Å². The minimum Gasteiger partial charge on any atom is -0.480 e. The van der Waals surface area contributed by atoms with Crippen molar-refractivity contribution in [2.24, 2.45) is 0 Å². The summed E-state index contributed by atoms with van der Waals surface area (Å²) in [6, 6.07) is 5.47. The molecule has 0 fully saturated rings. The maximum Gasteiger partial charge on any atom is 0.153 e. The number of aryl methyl sites for hydroxylation is 1. The molecule has 0 aliphatic carbocycles. The molecule has 0 saturated heterocycles. The fraction of sp³-hybridized carbons (Fsp3) is 0.250. The zero-order valence-corrected chi connectivity index (χ0v) is 8.33. The maximum atomic E-state index is 10.7. The number of hydrogen-bond acceptors (Lipinski definition) is 2. The van der Waals surface area contributed by atoms with Crippen LogP contribution in [0.3, 0.4) is 0 Å². The molecule has 0 saturated carbocycles. The third-order valence-electron chi connectivity index (χ3n) is 1.83. The minimum atomic E-state index is 0.322. The molecule has 0 aliphatic heterocycles. The first kappa shape index (κ1) is 10.3. The topological polar surface area (TPSA) is 26.3 Å². The zero-order valence-electron chi connectivity index (χ0n) is 8.33. The Morgan fingerprint density at radius 1 is 1.50 bits per heavy atom. The molecular weight excluding hydrogens is 176 g/mol. The summed E-state index contributed by atoms with van der Waals surface area (Å²) in [6.07, 6.45) is 0.793. The second-order valence-corrected chi connectivity index (χ2v) is 2.83. The largest absolute Gasteiger partial charge is 0.480 e. The average molecular weight is 188 g/mol. The Morgan fingerprint density at radius 2 is 2.29 bits per heavy atom. The lowest BCUT2D eigenvalue weighted by Gasteiger charge is -2.07. The van der Waals surface area contributed by atoms with Crippen molar-refractivity contribution in [3.05, 3.63) is 29.3 Å². The lowest BCUT2D eigenvalue weighted by atomic mass is 10.1. The number of para-hydroxylation sites is 1. The third-order valence-corrected chi connectivity index (χ3v) is 1.83. The Hall–Kier alpha value is -1.75. The van der Waals surface area contributed by atoms with Crippen molar-refractivity contribution in [3.8, 4) is 17.6 Å². The molecule has 1 rings (SSSR count). The van der Waals surface area contributed by atoms with Crippen molar-refractivity contribution < 1.29 is 9.53 Å². The number of benzene rings is 1. The number of carbonyl (C=O) groups is 1. The van der Waals surface area contributed by atoms with E-state index in [1.54, 1.807) is 13.0 Å². The molecule has 0 N–H and O–H groups in total. The molecular formula is C12H12O2. The first-order chi connectivity index (χ1) is 6.79. The van der Waals surface area contributed by atoms with E-state index >= 15 is 0 Å². The lowest BCUT2D eigenvalue weighted by Crippen LogP contribution is -1.99. The van der Waals surface area contributed by atoms with Gasteiger partial charge in [-0.25, -0.2) is 0 Å². The number of aldehydes is 1. The van der Waals surface area contributed by atoms with Gasteiger partial charge in [-0.15, -0.1) is 5.92 Å². The van der Waals surface area contributed by atoms with Gasteiger partial charge in [0.1, 0.15) is 12.4 Å². The van der Waals surface area contributed by atoms with Gasteiger partial charge in [-0.3, -0.25) is 4.79 Å². The molecule has 72 valence electrons. The summed E-state index contributed by atoms with van der Waals surface area (Å²) in [5.74, 6) is 6.15. The summed E-state index contributed by atoms with van der Waals surface area (Å²) in [4.78, 5) is 10.7. The fourth-order valence-corrected chi connectivity index (χ4v) is 1.15. The Bertz CT molecular complexity index is 383. The molecule has 0 atom stereocenters. The van der Waals surface area contributed by atoms with Crippen molar-refractivity contribution in [1.29, 1.82) is 0 Å². The molecule has 0 heterocycles. The standard InChI is InChI=1S/C12H12O2/c1-3-4-8-14-12-10(2)6-5-7-11(12)9-13/h5-7,9H,8H2,1-2H3. The number of hydrogen-bond donors (Lipinski definition) is 0. The van der Waals surface area contributed by atoms with E-state index in [-0.39, 0.29) is 0 Å². The number of ether oxygens (including phenoxy) is 1. The summed E-state index contributed by atoms with van der Waals surface area (Å²) < 4.78 is 5.39. The average Bonchev–Trinajstić information content (AvgIpc) is 2.20. The lowest BCUT2D eigenvalue weighted by molar-refractivity contribution is 0.112. The van der Waals surface area contributed by atoms with Gasteiger partial charge in [0.25, 0.3) is 0 Å². The van der Waals surface area contributed by atoms with Gasteiger partial charge in [0, 0.05) is 0 Å². The molecule has 1 aromatic carbocycles. The van der Waals surface area contributed by atoms with Crippen molar-refractivity contribution in [1.82, 2.24) is 0 Å². The summed E-state index contributed by atoms with van der Waals surface area (Å²) >= 11 is 0. The second kappa shape index (κ2) is 5.08. The van der Waals surface area contributed by atoms with Gasteiger partial charge in [-0.05, 0) is 25.5 Å². The van der Waals surface area contributed by atoms with Crippen molar-refractivity contribution in [2.45, 2.75) is 13.8 Å². The van der Waals surface area contributed by atoms with Crippen LogP contribution in [-0.4, -0.2) is 12.9 Å². The van der Waals surface area contributed by atoms with Gasteiger partial charge in [0.2, 0.25) is 0 Å². The molecule has 0 spiro atoms. The van der Waals surface area contributed by atoms with Gasteiger partial charge in [0.05, 0.1) is 5.56 Å². The van der Waals surface area contributed by atoms with Crippen LogP contribution in [-0.2, 0) is 0 Å². The van der Waals surface area contributed by atoms with Crippen LogP contribution in [0.1, 0.15) is 22.8 Å². The van der Waals surface area contributed by atoms with E-state index in [2.05, 4.69) is 11.8 Å². The smallest absolute Gasteiger partial charge is 0.153 e. The summed E-state index contributed by atoms with van der Waals surface area (Å²) in [6.45, 7) is 3.98. The highest BCUT2D eigenvalue weighted by Crippen LogP contribution is 2.21. The summed E-state index contributed by atoms with van der Waals surface area (Å²) in [5, 5.41) is 0. The maximum absolute atomic E-state index is 10.7. The van der Waals surface area contributed by atoms with Crippen molar-refractivity contribution >= 4 is 6.29 Å². The summed E-state index contributed by atoms with van der Waals surface area (Å²) in [7, 11) is 0. The summed E-state index contributed by atoms with van der Waals surface area (Å²) in [5.41, 5.74) is 1.52. The molecule has 0 aromatic heterocycles. The Balaban J connectivity index is 2.91. The molecule has 0 amide bonds. The van der Waals surface area contributed by atoms with Crippen LogP contribution in [0, 0.1) is 18.8 Å². The molecule has 1 aromatic rings. The van der Waals surface area contributed by atoms with Crippen LogP contribution in [0.2, 0.25) is 0 Å². The SMILES string of the molecule is CC#CCOc1c(C)cccc1C=O. The van der Waals surface area contributed by atoms with E-state index in [0.717, 1.165) is 11.8 Å². The van der Waals surface area contributed by atoms with Gasteiger partial charge < -0.3 is 4.74 Å². The van der Waals surface area contributed by atoms with Crippen LogP contribution >= 0.6 is 0 Å². The Morgan fingerprint density at radius 3 is 2.93 bits per heavy atom. The highest BCUT2D eigenvalue weighted by Gasteiger charge is 2.04. The van der Waals surface area contributed by atoms with Crippen LogP contribution in [0.25, 0.3) is 0 Å². The fourth-order valence-electron chi connectivity index (χ4n) is 1.15. The van der Waals surface area contributed by atoms with E-state index in [4.69, 9.17) is 4.74 Å². The molecule has 0 aliphatic rings. The van der Waals surface area contributed by atoms with Gasteiger partial charge in [-0.2, -0.15) is 0 Å². The van der Waals surface area contributed by atoms with Crippen molar-refractivity contribution in [2.75, 3.05) is 6.61 Å². The quantitative estimate of drug-likeness (QED) is 0.537.